The minimum absolute atomic E-state index is 0.0116. The van der Waals surface area contributed by atoms with E-state index in [0.717, 1.165) is 11.1 Å². The molecule has 0 radical (unpaired) electrons. The number of Topliss-reactive ketones (excluding diaryl/α,β-unsaturated/α-hetero) is 1. The molecule has 1 aromatic rings. The molecule has 2 aliphatic rings. The standard InChI is InChI=1S/C23H24O4/c1-5-16-8-10-18-20(25)12-14(2)22(26)23(18,3)17(16)9-6-15-7-11-19(24)21(13-15)27-4/h5-9,11-13,17-18,24H,1,10H2,2-4H3. The van der Waals surface area contributed by atoms with Crippen LogP contribution in [-0.4, -0.2) is 23.8 Å². The van der Waals surface area contributed by atoms with Crippen LogP contribution in [-0.2, 0) is 9.59 Å². The van der Waals surface area contributed by atoms with Gasteiger partial charge in [0.05, 0.1) is 12.5 Å². The number of carbonyl (C=O) groups is 2. The molecule has 0 amide bonds. The SMILES string of the molecule is C=CC1=CCC2C(=O)C=C(C)C(=O)C2(C)C1C=Cc1ccc(O)c(OC)c1. The summed E-state index contributed by atoms with van der Waals surface area (Å²) >= 11 is 0. The molecule has 3 unspecified atom stereocenters. The fourth-order valence-corrected chi connectivity index (χ4v) is 4.23. The minimum Gasteiger partial charge on any atom is -0.504 e. The zero-order valence-corrected chi connectivity index (χ0v) is 15.9. The minimum atomic E-state index is -0.828. The van der Waals surface area contributed by atoms with E-state index in [2.05, 4.69) is 6.58 Å². The second kappa shape index (κ2) is 7.03. The number of rotatable bonds is 4. The quantitative estimate of drug-likeness (QED) is 0.867. The number of aromatic hydroxyl groups is 1. The number of benzene rings is 1. The molecule has 0 saturated heterocycles. The summed E-state index contributed by atoms with van der Waals surface area (Å²) in [6.45, 7) is 7.49. The number of phenolic OH excluding ortho intramolecular Hbond substituents is 1. The molecule has 0 bridgehead atoms. The van der Waals surface area contributed by atoms with Gasteiger partial charge in [-0.3, -0.25) is 9.59 Å². The van der Waals surface area contributed by atoms with Crippen LogP contribution in [0.2, 0.25) is 0 Å². The molecular weight excluding hydrogens is 340 g/mol. The van der Waals surface area contributed by atoms with E-state index in [1.54, 1.807) is 31.2 Å². The summed E-state index contributed by atoms with van der Waals surface area (Å²) in [5, 5.41) is 9.76. The van der Waals surface area contributed by atoms with Crippen molar-refractivity contribution in [3.63, 3.8) is 0 Å². The molecule has 1 N–H and O–H groups in total. The van der Waals surface area contributed by atoms with Crippen LogP contribution >= 0.6 is 0 Å². The fourth-order valence-electron chi connectivity index (χ4n) is 4.23. The Labute approximate surface area is 159 Å². The van der Waals surface area contributed by atoms with Gasteiger partial charge in [0.25, 0.3) is 0 Å². The van der Waals surface area contributed by atoms with E-state index >= 15 is 0 Å². The highest BCUT2D eigenvalue weighted by molar-refractivity contribution is 6.13. The van der Waals surface area contributed by atoms with Crippen molar-refractivity contribution in [1.82, 2.24) is 0 Å². The van der Waals surface area contributed by atoms with Gasteiger partial charge in [-0.1, -0.05) is 43.9 Å². The third-order valence-electron chi connectivity index (χ3n) is 5.79. The van der Waals surface area contributed by atoms with Gasteiger partial charge >= 0.3 is 0 Å². The van der Waals surface area contributed by atoms with E-state index in [-0.39, 0.29) is 29.2 Å². The van der Waals surface area contributed by atoms with E-state index in [4.69, 9.17) is 4.74 Å². The Morgan fingerprint density at radius 1 is 1.33 bits per heavy atom. The number of ketones is 2. The number of carbonyl (C=O) groups excluding carboxylic acids is 2. The first-order valence-corrected chi connectivity index (χ1v) is 8.97. The molecule has 0 fully saturated rings. The Hall–Kier alpha value is -2.88. The van der Waals surface area contributed by atoms with Gasteiger partial charge in [-0.15, -0.1) is 0 Å². The van der Waals surface area contributed by atoms with E-state index < -0.39 is 5.41 Å². The predicted molar refractivity (Wildman–Crippen MR) is 105 cm³/mol. The molecule has 1 aromatic carbocycles. The average Bonchev–Trinajstić information content (AvgIpc) is 2.65. The highest BCUT2D eigenvalue weighted by Gasteiger charge is 2.53. The zero-order chi connectivity index (χ0) is 19.8. The van der Waals surface area contributed by atoms with Gasteiger partial charge in [0, 0.05) is 11.8 Å². The molecule has 0 heterocycles. The van der Waals surface area contributed by atoms with Gasteiger partial charge in [0.2, 0.25) is 0 Å². The van der Waals surface area contributed by atoms with Gasteiger partial charge in [-0.2, -0.15) is 0 Å². The smallest absolute Gasteiger partial charge is 0.166 e. The summed E-state index contributed by atoms with van der Waals surface area (Å²) in [5.74, 6) is -0.141. The molecular formula is C23H24O4. The first kappa shape index (κ1) is 18.9. The summed E-state index contributed by atoms with van der Waals surface area (Å²) < 4.78 is 5.15. The lowest BCUT2D eigenvalue weighted by molar-refractivity contribution is -0.138. The number of allylic oxidation sites excluding steroid dienone is 6. The number of hydrogen-bond donors (Lipinski definition) is 1. The van der Waals surface area contributed by atoms with Crippen molar-refractivity contribution in [2.75, 3.05) is 7.11 Å². The Kier molecular flexibility index (Phi) is 4.92. The van der Waals surface area contributed by atoms with E-state index in [9.17, 15) is 14.7 Å². The van der Waals surface area contributed by atoms with E-state index in [1.165, 1.54) is 13.2 Å². The lowest BCUT2D eigenvalue weighted by atomic mass is 9.55. The Morgan fingerprint density at radius 2 is 2.07 bits per heavy atom. The molecule has 0 aliphatic heterocycles. The van der Waals surface area contributed by atoms with Crippen molar-refractivity contribution >= 4 is 17.6 Å². The predicted octanol–water partition coefficient (Wildman–Crippen LogP) is 4.27. The number of phenols is 1. The van der Waals surface area contributed by atoms with E-state index in [1.807, 2.05) is 25.2 Å². The Morgan fingerprint density at radius 3 is 2.74 bits per heavy atom. The fraction of sp³-hybridized carbons (Fsp3) is 0.304. The van der Waals surface area contributed by atoms with Gasteiger partial charge in [0.15, 0.2) is 23.1 Å². The first-order valence-electron chi connectivity index (χ1n) is 8.97. The van der Waals surface area contributed by atoms with Crippen LogP contribution in [0.25, 0.3) is 6.08 Å². The van der Waals surface area contributed by atoms with Crippen molar-refractivity contribution in [3.05, 3.63) is 65.8 Å². The summed E-state index contributed by atoms with van der Waals surface area (Å²) in [4.78, 5) is 25.7. The van der Waals surface area contributed by atoms with Gasteiger partial charge in [-0.05, 0) is 48.3 Å². The van der Waals surface area contributed by atoms with Crippen LogP contribution in [0.15, 0.2) is 60.2 Å². The van der Waals surface area contributed by atoms with Gasteiger partial charge in [0.1, 0.15) is 0 Å². The lowest BCUT2D eigenvalue weighted by Gasteiger charge is -2.46. The van der Waals surface area contributed by atoms with Crippen LogP contribution in [0.3, 0.4) is 0 Å². The van der Waals surface area contributed by atoms with Crippen molar-refractivity contribution < 1.29 is 19.4 Å². The average molecular weight is 364 g/mol. The molecule has 140 valence electrons. The van der Waals surface area contributed by atoms with Crippen LogP contribution < -0.4 is 4.74 Å². The molecule has 27 heavy (non-hydrogen) atoms. The second-order valence-electron chi connectivity index (χ2n) is 7.31. The highest BCUT2D eigenvalue weighted by atomic mass is 16.5. The molecule has 0 spiro atoms. The summed E-state index contributed by atoms with van der Waals surface area (Å²) in [5.41, 5.74) is 1.46. The summed E-state index contributed by atoms with van der Waals surface area (Å²) in [7, 11) is 1.50. The van der Waals surface area contributed by atoms with Crippen LogP contribution in [0.5, 0.6) is 11.5 Å². The molecule has 4 nitrogen and oxygen atoms in total. The Balaban J connectivity index is 2.05. The second-order valence-corrected chi connectivity index (χ2v) is 7.31. The van der Waals surface area contributed by atoms with Crippen LogP contribution in [0, 0.1) is 17.3 Å². The maximum Gasteiger partial charge on any atom is 0.166 e. The first-order chi connectivity index (χ1) is 12.8. The normalized spacial score (nSPS) is 27.8. The topological polar surface area (TPSA) is 63.6 Å². The summed E-state index contributed by atoms with van der Waals surface area (Å²) in [6.07, 6.45) is 9.64. The van der Waals surface area contributed by atoms with Crippen molar-refractivity contribution in [1.29, 1.82) is 0 Å². The van der Waals surface area contributed by atoms with Crippen LogP contribution in [0.4, 0.5) is 0 Å². The Bertz CT molecular complexity index is 903. The maximum absolute atomic E-state index is 13.1. The number of fused-ring (bicyclic) bond motifs is 1. The van der Waals surface area contributed by atoms with Crippen molar-refractivity contribution in [2.24, 2.45) is 17.3 Å². The number of hydrogen-bond acceptors (Lipinski definition) is 4. The van der Waals surface area contributed by atoms with E-state index in [0.29, 0.717) is 17.7 Å². The lowest BCUT2D eigenvalue weighted by Crippen LogP contribution is -2.50. The molecule has 0 saturated carbocycles. The van der Waals surface area contributed by atoms with Crippen molar-refractivity contribution in [3.8, 4) is 11.5 Å². The number of ether oxygens (including phenoxy) is 1. The van der Waals surface area contributed by atoms with Crippen molar-refractivity contribution in [2.45, 2.75) is 20.3 Å². The molecule has 3 atom stereocenters. The third kappa shape index (κ3) is 3.05. The largest absolute Gasteiger partial charge is 0.504 e. The van der Waals surface area contributed by atoms with Gasteiger partial charge in [-0.25, -0.2) is 0 Å². The zero-order valence-electron chi connectivity index (χ0n) is 15.9. The van der Waals surface area contributed by atoms with Crippen LogP contribution in [0.1, 0.15) is 25.8 Å². The molecule has 3 rings (SSSR count). The summed E-state index contributed by atoms with van der Waals surface area (Å²) in [6, 6.07) is 5.06. The highest BCUT2D eigenvalue weighted by Crippen LogP contribution is 2.51. The molecule has 2 aliphatic carbocycles. The monoisotopic (exact) mass is 364 g/mol. The third-order valence-corrected chi connectivity index (χ3v) is 5.79. The maximum atomic E-state index is 13.1. The van der Waals surface area contributed by atoms with Gasteiger partial charge < -0.3 is 9.84 Å². The number of methoxy groups -OCH3 is 1. The molecule has 4 heteroatoms. The molecule has 0 aromatic heterocycles.